The average Bonchev–Trinajstić information content (AvgIpc) is 2.53. The maximum absolute atomic E-state index is 10.7. The summed E-state index contributed by atoms with van der Waals surface area (Å²) in [5.41, 5.74) is 6.43. The SMILES string of the molecule is CCc1n[nH]nc1C(CN)C(=O)O. The number of rotatable bonds is 4. The van der Waals surface area contributed by atoms with Gasteiger partial charge < -0.3 is 10.8 Å². The zero-order valence-electron chi connectivity index (χ0n) is 7.32. The summed E-state index contributed by atoms with van der Waals surface area (Å²) < 4.78 is 0. The number of nitrogens with zero attached hydrogens (tertiary/aromatic N) is 2. The van der Waals surface area contributed by atoms with Crippen LogP contribution in [0.5, 0.6) is 0 Å². The van der Waals surface area contributed by atoms with Gasteiger partial charge in [-0.2, -0.15) is 15.4 Å². The van der Waals surface area contributed by atoms with Crippen molar-refractivity contribution in [1.82, 2.24) is 15.4 Å². The molecule has 0 saturated carbocycles. The molecule has 0 amide bonds. The van der Waals surface area contributed by atoms with Crippen LogP contribution in [0.15, 0.2) is 0 Å². The smallest absolute Gasteiger partial charge is 0.314 e. The molecule has 1 aromatic heterocycles. The van der Waals surface area contributed by atoms with Crippen molar-refractivity contribution in [3.63, 3.8) is 0 Å². The Labute approximate surface area is 75.1 Å². The molecule has 0 bridgehead atoms. The Balaban J connectivity index is 2.96. The number of hydrogen-bond donors (Lipinski definition) is 3. The lowest BCUT2D eigenvalue weighted by Gasteiger charge is -2.06. The van der Waals surface area contributed by atoms with Crippen molar-refractivity contribution < 1.29 is 9.90 Å². The Hall–Kier alpha value is -1.43. The number of aryl methyl sites for hydroxylation is 1. The molecule has 1 unspecified atom stereocenters. The normalized spacial score (nSPS) is 12.8. The van der Waals surface area contributed by atoms with Crippen LogP contribution in [-0.2, 0) is 11.2 Å². The zero-order valence-corrected chi connectivity index (χ0v) is 7.32. The van der Waals surface area contributed by atoms with Gasteiger partial charge in [0.25, 0.3) is 0 Å². The lowest BCUT2D eigenvalue weighted by molar-refractivity contribution is -0.138. The molecule has 0 aliphatic heterocycles. The highest BCUT2D eigenvalue weighted by Crippen LogP contribution is 2.15. The van der Waals surface area contributed by atoms with Crippen molar-refractivity contribution in [2.75, 3.05) is 6.54 Å². The quantitative estimate of drug-likeness (QED) is 0.584. The molecule has 1 aromatic rings. The highest BCUT2D eigenvalue weighted by Gasteiger charge is 2.23. The number of aromatic nitrogens is 3. The van der Waals surface area contributed by atoms with Gasteiger partial charge >= 0.3 is 5.97 Å². The Morgan fingerprint density at radius 2 is 2.38 bits per heavy atom. The van der Waals surface area contributed by atoms with E-state index in [1.54, 1.807) is 0 Å². The van der Waals surface area contributed by atoms with E-state index in [0.717, 1.165) is 0 Å². The van der Waals surface area contributed by atoms with Gasteiger partial charge in [0, 0.05) is 6.54 Å². The molecule has 1 heterocycles. The van der Waals surface area contributed by atoms with Crippen LogP contribution in [0, 0.1) is 0 Å². The van der Waals surface area contributed by atoms with Crippen molar-refractivity contribution in [2.45, 2.75) is 19.3 Å². The fourth-order valence-electron chi connectivity index (χ4n) is 1.13. The van der Waals surface area contributed by atoms with Gasteiger partial charge in [-0.25, -0.2) is 0 Å². The fraction of sp³-hybridized carbons (Fsp3) is 0.571. The minimum absolute atomic E-state index is 0.0366. The Morgan fingerprint density at radius 3 is 2.85 bits per heavy atom. The van der Waals surface area contributed by atoms with Crippen molar-refractivity contribution in [1.29, 1.82) is 0 Å². The van der Waals surface area contributed by atoms with Crippen LogP contribution in [0.1, 0.15) is 24.2 Å². The summed E-state index contributed by atoms with van der Waals surface area (Å²) in [5.74, 6) is -1.72. The molecule has 0 spiro atoms. The van der Waals surface area contributed by atoms with Crippen LogP contribution >= 0.6 is 0 Å². The van der Waals surface area contributed by atoms with Gasteiger partial charge in [0.05, 0.1) is 5.69 Å². The van der Waals surface area contributed by atoms with E-state index in [9.17, 15) is 4.79 Å². The zero-order chi connectivity index (χ0) is 9.84. The molecule has 0 radical (unpaired) electrons. The van der Waals surface area contributed by atoms with E-state index in [2.05, 4.69) is 15.4 Å². The highest BCUT2D eigenvalue weighted by atomic mass is 16.4. The standard InChI is InChI=1S/C7H12N4O2/c1-2-5-6(10-11-9-5)4(3-8)7(12)13/h4H,2-3,8H2,1H3,(H,12,13)(H,9,10,11). The van der Waals surface area contributed by atoms with E-state index in [0.29, 0.717) is 17.8 Å². The number of hydrogen-bond acceptors (Lipinski definition) is 4. The second kappa shape index (κ2) is 3.99. The predicted octanol–water partition coefficient (Wildman–Crippen LogP) is -0.506. The lowest BCUT2D eigenvalue weighted by Crippen LogP contribution is -2.22. The first-order valence-electron chi connectivity index (χ1n) is 4.03. The third-order valence-corrected chi connectivity index (χ3v) is 1.85. The summed E-state index contributed by atoms with van der Waals surface area (Å²) in [5, 5.41) is 18.8. The summed E-state index contributed by atoms with van der Waals surface area (Å²) in [6.45, 7) is 1.92. The summed E-state index contributed by atoms with van der Waals surface area (Å²) in [6.07, 6.45) is 0.648. The summed E-state index contributed by atoms with van der Waals surface area (Å²) in [6, 6.07) is 0. The summed E-state index contributed by atoms with van der Waals surface area (Å²) >= 11 is 0. The molecule has 0 aromatic carbocycles. The van der Waals surface area contributed by atoms with Gasteiger partial charge in [-0.3, -0.25) is 4.79 Å². The molecule has 72 valence electrons. The molecule has 0 aliphatic rings. The van der Waals surface area contributed by atoms with Crippen LogP contribution in [0.2, 0.25) is 0 Å². The van der Waals surface area contributed by atoms with E-state index in [1.807, 2.05) is 6.92 Å². The maximum atomic E-state index is 10.7. The van der Waals surface area contributed by atoms with E-state index in [-0.39, 0.29) is 6.54 Å². The number of carboxylic acid groups (broad SMARTS) is 1. The Morgan fingerprint density at radius 1 is 1.69 bits per heavy atom. The molecular weight excluding hydrogens is 172 g/mol. The largest absolute Gasteiger partial charge is 0.481 e. The van der Waals surface area contributed by atoms with Crippen LogP contribution in [0.25, 0.3) is 0 Å². The predicted molar refractivity (Wildman–Crippen MR) is 45.2 cm³/mol. The molecular formula is C7H12N4O2. The van der Waals surface area contributed by atoms with Gasteiger partial charge in [0.15, 0.2) is 0 Å². The Kier molecular flexibility index (Phi) is 2.97. The number of nitrogens with two attached hydrogens (primary N) is 1. The lowest BCUT2D eigenvalue weighted by atomic mass is 10.0. The first-order valence-corrected chi connectivity index (χ1v) is 4.03. The minimum Gasteiger partial charge on any atom is -0.481 e. The van der Waals surface area contributed by atoms with Gasteiger partial charge in [-0.15, -0.1) is 0 Å². The molecule has 0 aliphatic carbocycles. The molecule has 1 atom stereocenters. The maximum Gasteiger partial charge on any atom is 0.314 e. The van der Waals surface area contributed by atoms with Crippen molar-refractivity contribution in [3.8, 4) is 0 Å². The first-order chi connectivity index (χ1) is 6.20. The molecule has 6 nitrogen and oxygen atoms in total. The van der Waals surface area contributed by atoms with E-state index in [4.69, 9.17) is 10.8 Å². The molecule has 0 fully saturated rings. The minimum atomic E-state index is -0.967. The number of carboxylic acids is 1. The molecule has 4 N–H and O–H groups in total. The third kappa shape index (κ3) is 1.83. The van der Waals surface area contributed by atoms with Gasteiger partial charge in [-0.05, 0) is 6.42 Å². The summed E-state index contributed by atoms with van der Waals surface area (Å²) in [7, 11) is 0. The molecule has 6 heteroatoms. The van der Waals surface area contributed by atoms with E-state index in [1.165, 1.54) is 0 Å². The third-order valence-electron chi connectivity index (χ3n) is 1.85. The molecule has 0 saturated heterocycles. The highest BCUT2D eigenvalue weighted by molar-refractivity contribution is 5.76. The van der Waals surface area contributed by atoms with Crippen LogP contribution in [0.4, 0.5) is 0 Å². The second-order valence-corrected chi connectivity index (χ2v) is 2.64. The number of aliphatic carboxylic acids is 1. The van der Waals surface area contributed by atoms with Crippen molar-refractivity contribution in [2.24, 2.45) is 5.73 Å². The van der Waals surface area contributed by atoms with Crippen molar-refractivity contribution >= 4 is 5.97 Å². The van der Waals surface area contributed by atoms with Gasteiger partial charge in [0.1, 0.15) is 11.6 Å². The van der Waals surface area contributed by atoms with Crippen LogP contribution in [0.3, 0.4) is 0 Å². The number of H-pyrrole nitrogens is 1. The average molecular weight is 184 g/mol. The van der Waals surface area contributed by atoms with Gasteiger partial charge in [0.2, 0.25) is 0 Å². The van der Waals surface area contributed by atoms with Gasteiger partial charge in [-0.1, -0.05) is 6.92 Å². The van der Waals surface area contributed by atoms with Crippen molar-refractivity contribution in [3.05, 3.63) is 11.4 Å². The number of aromatic amines is 1. The van der Waals surface area contributed by atoms with Crippen LogP contribution in [-0.4, -0.2) is 33.0 Å². The fourth-order valence-corrected chi connectivity index (χ4v) is 1.13. The molecule has 13 heavy (non-hydrogen) atoms. The monoisotopic (exact) mass is 184 g/mol. The van der Waals surface area contributed by atoms with Crippen LogP contribution < -0.4 is 5.73 Å². The number of carbonyl (C=O) groups is 1. The van der Waals surface area contributed by atoms with E-state index < -0.39 is 11.9 Å². The topological polar surface area (TPSA) is 105 Å². The van der Waals surface area contributed by atoms with E-state index >= 15 is 0 Å². The first kappa shape index (κ1) is 9.66. The second-order valence-electron chi connectivity index (χ2n) is 2.64. The summed E-state index contributed by atoms with van der Waals surface area (Å²) in [4.78, 5) is 10.7. The molecule has 1 rings (SSSR count). The Bertz CT molecular complexity index is 296. The number of nitrogens with one attached hydrogen (secondary N) is 1.